The quantitative estimate of drug-likeness (QED) is 0.905. The van der Waals surface area contributed by atoms with Crippen molar-refractivity contribution in [3.63, 3.8) is 0 Å². The molecule has 0 atom stereocenters. The first-order valence-electron chi connectivity index (χ1n) is 7.72. The van der Waals surface area contributed by atoms with E-state index in [4.69, 9.17) is 0 Å². The monoisotopic (exact) mass is 283 g/mol. The second-order valence-corrected chi connectivity index (χ2v) is 5.56. The van der Waals surface area contributed by atoms with E-state index in [9.17, 15) is 4.79 Å². The maximum Gasteiger partial charge on any atom is 0.270 e. The van der Waals surface area contributed by atoms with Crippen molar-refractivity contribution in [2.24, 2.45) is 0 Å². The van der Waals surface area contributed by atoms with Crippen LogP contribution in [0.5, 0.6) is 0 Å². The first kappa shape index (κ1) is 13.9. The first-order chi connectivity index (χ1) is 10.3. The molecule has 1 aromatic carbocycles. The van der Waals surface area contributed by atoms with Crippen molar-refractivity contribution in [1.29, 1.82) is 0 Å². The number of nitrogens with zero attached hydrogens (tertiary/aromatic N) is 1. The molecule has 4 heteroatoms. The Labute approximate surface area is 125 Å². The number of pyridine rings is 1. The number of anilines is 1. The fourth-order valence-corrected chi connectivity index (χ4v) is 2.95. The molecule has 0 unspecified atom stereocenters. The van der Waals surface area contributed by atoms with E-state index in [0.717, 1.165) is 36.0 Å². The van der Waals surface area contributed by atoms with Gasteiger partial charge in [0.15, 0.2) is 0 Å². The topological polar surface area (TPSA) is 54.0 Å². The summed E-state index contributed by atoms with van der Waals surface area (Å²) in [5, 5.41) is 8.44. The van der Waals surface area contributed by atoms with Crippen LogP contribution in [0.3, 0.4) is 0 Å². The first-order valence-corrected chi connectivity index (χ1v) is 7.72. The minimum Gasteiger partial charge on any atom is -0.370 e. The third kappa shape index (κ3) is 2.99. The summed E-state index contributed by atoms with van der Waals surface area (Å²) < 4.78 is 0. The molecule has 4 nitrogen and oxygen atoms in total. The highest BCUT2D eigenvalue weighted by atomic mass is 16.1. The minimum atomic E-state index is -0.0631. The molecular formula is C17H21N3O. The summed E-state index contributed by atoms with van der Waals surface area (Å²) in [7, 11) is 0. The smallest absolute Gasteiger partial charge is 0.270 e. The Bertz CT molecular complexity index is 648. The second kappa shape index (κ2) is 6.12. The zero-order valence-corrected chi connectivity index (χ0v) is 12.4. The zero-order valence-electron chi connectivity index (χ0n) is 12.4. The summed E-state index contributed by atoms with van der Waals surface area (Å²) in [4.78, 5) is 16.9. The molecule has 0 saturated heterocycles. The molecule has 2 aromatic rings. The van der Waals surface area contributed by atoms with E-state index in [-0.39, 0.29) is 5.91 Å². The molecule has 3 rings (SSSR count). The number of aromatic nitrogens is 1. The molecule has 0 radical (unpaired) electrons. The Balaban J connectivity index is 1.92. The van der Waals surface area contributed by atoms with Gasteiger partial charge in [-0.2, -0.15) is 0 Å². The Kier molecular flexibility index (Phi) is 4.04. The van der Waals surface area contributed by atoms with Crippen LogP contribution in [0.2, 0.25) is 0 Å². The number of rotatable bonds is 4. The second-order valence-electron chi connectivity index (χ2n) is 5.56. The number of carbonyl (C=O) groups is 1. The Morgan fingerprint density at radius 2 is 2.05 bits per heavy atom. The molecule has 21 heavy (non-hydrogen) atoms. The lowest BCUT2D eigenvalue weighted by Gasteiger charge is -2.13. The molecule has 1 aliphatic carbocycles. The molecule has 1 amide bonds. The number of fused-ring (bicyclic) bond motifs is 1. The van der Waals surface area contributed by atoms with Gasteiger partial charge < -0.3 is 10.6 Å². The lowest BCUT2D eigenvalue weighted by Crippen LogP contribution is -2.33. The van der Waals surface area contributed by atoms with Crippen molar-refractivity contribution < 1.29 is 4.79 Å². The molecule has 1 aromatic heterocycles. The molecule has 110 valence electrons. The average Bonchev–Trinajstić information content (AvgIpc) is 3.00. The van der Waals surface area contributed by atoms with Gasteiger partial charge in [-0.25, -0.2) is 4.98 Å². The van der Waals surface area contributed by atoms with Crippen LogP contribution in [-0.2, 0) is 0 Å². The van der Waals surface area contributed by atoms with Gasteiger partial charge in [-0.05, 0) is 31.2 Å². The highest BCUT2D eigenvalue weighted by molar-refractivity contribution is 6.00. The Morgan fingerprint density at radius 3 is 2.81 bits per heavy atom. The van der Waals surface area contributed by atoms with Crippen molar-refractivity contribution in [3.8, 4) is 0 Å². The number of nitrogens with one attached hydrogen (secondary N) is 2. The van der Waals surface area contributed by atoms with E-state index in [1.807, 2.05) is 37.3 Å². The van der Waals surface area contributed by atoms with Crippen LogP contribution >= 0.6 is 0 Å². The van der Waals surface area contributed by atoms with Gasteiger partial charge in [-0.3, -0.25) is 4.79 Å². The van der Waals surface area contributed by atoms with Crippen molar-refractivity contribution in [2.75, 3.05) is 11.9 Å². The summed E-state index contributed by atoms with van der Waals surface area (Å²) in [6, 6.07) is 10.2. The molecule has 1 fully saturated rings. The highest BCUT2D eigenvalue weighted by Crippen LogP contribution is 2.23. The third-order valence-electron chi connectivity index (χ3n) is 4.01. The van der Waals surface area contributed by atoms with Crippen molar-refractivity contribution in [1.82, 2.24) is 10.3 Å². The number of hydrogen-bond acceptors (Lipinski definition) is 3. The summed E-state index contributed by atoms with van der Waals surface area (Å²) in [5.74, 6) is 0.721. The summed E-state index contributed by atoms with van der Waals surface area (Å²) in [6.45, 7) is 2.81. The normalized spacial score (nSPS) is 15.3. The number of carbonyl (C=O) groups excluding carboxylic acids is 1. The Morgan fingerprint density at radius 1 is 1.29 bits per heavy atom. The molecule has 1 aliphatic rings. The van der Waals surface area contributed by atoms with Crippen LogP contribution < -0.4 is 10.6 Å². The van der Waals surface area contributed by atoms with Crippen LogP contribution in [0.1, 0.15) is 43.1 Å². The number of benzene rings is 1. The maximum absolute atomic E-state index is 12.4. The summed E-state index contributed by atoms with van der Waals surface area (Å²) >= 11 is 0. The van der Waals surface area contributed by atoms with Crippen LogP contribution in [0, 0.1) is 0 Å². The van der Waals surface area contributed by atoms with E-state index < -0.39 is 0 Å². The van der Waals surface area contributed by atoms with E-state index in [0.29, 0.717) is 11.7 Å². The fraction of sp³-hybridized carbons (Fsp3) is 0.412. The van der Waals surface area contributed by atoms with Gasteiger partial charge in [0.25, 0.3) is 5.91 Å². The van der Waals surface area contributed by atoms with E-state index in [2.05, 4.69) is 15.6 Å². The molecule has 2 N–H and O–H groups in total. The highest BCUT2D eigenvalue weighted by Gasteiger charge is 2.19. The fourth-order valence-electron chi connectivity index (χ4n) is 2.95. The summed E-state index contributed by atoms with van der Waals surface area (Å²) in [5.41, 5.74) is 0.497. The minimum absolute atomic E-state index is 0.0631. The van der Waals surface area contributed by atoms with Crippen LogP contribution in [-0.4, -0.2) is 23.5 Å². The van der Waals surface area contributed by atoms with Gasteiger partial charge >= 0.3 is 0 Å². The van der Waals surface area contributed by atoms with Crippen molar-refractivity contribution >= 4 is 22.5 Å². The van der Waals surface area contributed by atoms with Crippen LogP contribution in [0.25, 0.3) is 10.8 Å². The van der Waals surface area contributed by atoms with Gasteiger partial charge in [-0.15, -0.1) is 0 Å². The predicted molar refractivity (Wildman–Crippen MR) is 85.6 cm³/mol. The Hall–Kier alpha value is -2.10. The molecular weight excluding hydrogens is 262 g/mol. The molecule has 1 heterocycles. The zero-order chi connectivity index (χ0) is 14.7. The molecule has 0 aliphatic heterocycles. The molecule has 0 bridgehead atoms. The van der Waals surface area contributed by atoms with Gasteiger partial charge in [0.1, 0.15) is 11.5 Å². The van der Waals surface area contributed by atoms with E-state index in [1.54, 1.807) is 0 Å². The van der Waals surface area contributed by atoms with Gasteiger partial charge in [0.2, 0.25) is 0 Å². The number of hydrogen-bond donors (Lipinski definition) is 2. The van der Waals surface area contributed by atoms with Gasteiger partial charge in [0, 0.05) is 18.0 Å². The maximum atomic E-state index is 12.4. The average molecular weight is 283 g/mol. The number of amides is 1. The van der Waals surface area contributed by atoms with Crippen molar-refractivity contribution in [2.45, 2.75) is 38.6 Å². The van der Waals surface area contributed by atoms with E-state index >= 15 is 0 Å². The molecule has 1 saturated carbocycles. The SMILES string of the molecule is CCNc1nc(C(=O)NC2CCCC2)cc2ccccc12. The molecule has 0 spiro atoms. The predicted octanol–water partition coefficient (Wildman–Crippen LogP) is 3.34. The lowest BCUT2D eigenvalue weighted by atomic mass is 10.1. The largest absolute Gasteiger partial charge is 0.370 e. The lowest BCUT2D eigenvalue weighted by molar-refractivity contribution is 0.0933. The van der Waals surface area contributed by atoms with Gasteiger partial charge in [0.05, 0.1) is 0 Å². The summed E-state index contributed by atoms with van der Waals surface area (Å²) in [6.07, 6.45) is 4.58. The van der Waals surface area contributed by atoms with Crippen molar-refractivity contribution in [3.05, 3.63) is 36.0 Å². The standard InChI is InChI=1S/C17H21N3O/c1-2-18-16-14-10-6-3-7-12(14)11-15(20-16)17(21)19-13-8-4-5-9-13/h3,6-7,10-11,13H,2,4-5,8-9H2,1H3,(H,18,20)(H,19,21). The van der Waals surface area contributed by atoms with Crippen LogP contribution in [0.4, 0.5) is 5.82 Å². The third-order valence-corrected chi connectivity index (χ3v) is 4.01. The van der Waals surface area contributed by atoms with Gasteiger partial charge in [-0.1, -0.05) is 37.1 Å². The van der Waals surface area contributed by atoms with Crippen LogP contribution in [0.15, 0.2) is 30.3 Å². The van der Waals surface area contributed by atoms with E-state index in [1.165, 1.54) is 12.8 Å².